The van der Waals surface area contributed by atoms with Crippen LogP contribution in [0.15, 0.2) is 23.1 Å². The van der Waals surface area contributed by atoms with Crippen LogP contribution in [0.3, 0.4) is 0 Å². The molecule has 2 heterocycles. The average molecular weight is 562 g/mol. The first-order chi connectivity index (χ1) is 18.8. The van der Waals surface area contributed by atoms with Crippen molar-refractivity contribution in [3.8, 4) is 0 Å². The first-order valence-corrected chi connectivity index (χ1v) is 14.5. The summed E-state index contributed by atoms with van der Waals surface area (Å²) in [6.45, 7) is 6.32. The van der Waals surface area contributed by atoms with Crippen molar-refractivity contribution < 1.29 is 18.4 Å². The van der Waals surface area contributed by atoms with Crippen LogP contribution in [0.5, 0.6) is 0 Å². The van der Waals surface area contributed by atoms with Crippen LogP contribution < -0.4 is 16.0 Å². The molecular formula is C27H37F2N7O2S. The van der Waals surface area contributed by atoms with E-state index in [4.69, 9.17) is 0 Å². The molecule has 0 aliphatic heterocycles. The number of carbonyl (C=O) groups excluding carboxylic acids is 2. The Morgan fingerprint density at radius 2 is 1.95 bits per heavy atom. The molecule has 39 heavy (non-hydrogen) atoms. The van der Waals surface area contributed by atoms with Gasteiger partial charge in [-0.25, -0.2) is 8.78 Å². The first-order valence-electron chi connectivity index (χ1n) is 13.7. The Hall–Kier alpha value is -3.15. The number of hydrogen-bond acceptors (Lipinski definition) is 7. The van der Waals surface area contributed by atoms with Crippen molar-refractivity contribution in [2.24, 2.45) is 16.8 Å². The van der Waals surface area contributed by atoms with E-state index >= 15 is 0 Å². The van der Waals surface area contributed by atoms with E-state index in [1.165, 1.54) is 24.5 Å². The zero-order chi connectivity index (χ0) is 28.1. The van der Waals surface area contributed by atoms with Crippen LogP contribution in [0, 0.1) is 11.8 Å². The second kappa shape index (κ2) is 12.8. The lowest BCUT2D eigenvalue weighted by Crippen LogP contribution is -2.28. The maximum absolute atomic E-state index is 13.3. The largest absolute Gasteiger partial charge is 0.352 e. The summed E-state index contributed by atoms with van der Waals surface area (Å²) in [6, 6.07) is -0.0382. The van der Waals surface area contributed by atoms with Crippen LogP contribution >= 0.6 is 11.3 Å². The number of thiophene rings is 1. The van der Waals surface area contributed by atoms with Crippen molar-refractivity contribution in [2.75, 3.05) is 24.2 Å². The number of fused-ring (bicyclic) bond motifs is 1. The Kier molecular flexibility index (Phi) is 9.47. The van der Waals surface area contributed by atoms with E-state index in [-0.39, 0.29) is 29.5 Å². The maximum atomic E-state index is 13.3. The normalized spacial score (nSPS) is 19.2. The minimum absolute atomic E-state index is 0.0160. The zero-order valence-electron chi connectivity index (χ0n) is 22.9. The number of carbonyl (C=O) groups is 2. The van der Waals surface area contributed by atoms with Crippen molar-refractivity contribution in [3.05, 3.63) is 34.1 Å². The van der Waals surface area contributed by atoms with Crippen molar-refractivity contribution in [2.45, 2.75) is 78.2 Å². The monoisotopic (exact) mass is 561 g/mol. The first kappa shape index (κ1) is 28.8. The highest BCUT2D eigenvalue weighted by Crippen LogP contribution is 2.42. The van der Waals surface area contributed by atoms with Crippen molar-refractivity contribution >= 4 is 39.8 Å². The molecule has 0 radical (unpaired) electrons. The molecule has 2 aromatic rings. The fourth-order valence-electron chi connectivity index (χ4n) is 4.60. The van der Waals surface area contributed by atoms with Gasteiger partial charge in [-0.15, -0.1) is 21.5 Å². The Labute approximate surface area is 231 Å². The molecule has 3 aliphatic carbocycles. The molecular weight excluding hydrogens is 524 g/mol. The van der Waals surface area contributed by atoms with Gasteiger partial charge in [0.15, 0.2) is 0 Å². The second-order valence-electron chi connectivity index (χ2n) is 9.98. The molecule has 3 N–H and O–H groups in total. The summed E-state index contributed by atoms with van der Waals surface area (Å²) in [6.07, 6.45) is 6.40. The Morgan fingerprint density at radius 1 is 1.21 bits per heavy atom. The number of hydrogen-bond donors (Lipinski definition) is 3. The number of aryl methyl sites for hydroxylation is 1. The molecule has 12 heteroatoms. The molecule has 5 rings (SSSR count). The number of aliphatic imine (C=N–C) groups is 1. The SMILES string of the molecule is CC.CN=C(/C=C(\C)Nc1nncn1[C@H]1CCc2sc(NC(=O)C3CC3)c(C(=O)NCC3CC3)c2C1)C(F)F. The lowest BCUT2D eigenvalue weighted by molar-refractivity contribution is -0.117. The molecule has 0 aromatic carbocycles. The fraction of sp³-hybridized carbons (Fsp3) is 0.593. The van der Waals surface area contributed by atoms with E-state index in [0.29, 0.717) is 41.1 Å². The van der Waals surface area contributed by atoms with E-state index in [0.717, 1.165) is 49.0 Å². The number of anilines is 2. The minimum atomic E-state index is -2.67. The van der Waals surface area contributed by atoms with Crippen LogP contribution in [-0.4, -0.2) is 52.3 Å². The maximum Gasteiger partial charge on any atom is 0.279 e. The van der Waals surface area contributed by atoms with E-state index in [9.17, 15) is 18.4 Å². The predicted octanol–water partition coefficient (Wildman–Crippen LogP) is 5.24. The second-order valence-corrected chi connectivity index (χ2v) is 11.1. The predicted molar refractivity (Wildman–Crippen MR) is 150 cm³/mol. The number of rotatable bonds is 10. The lowest BCUT2D eigenvalue weighted by atomic mass is 9.91. The molecule has 212 valence electrons. The number of alkyl halides is 2. The third kappa shape index (κ3) is 7.09. The molecule has 9 nitrogen and oxygen atoms in total. The van der Waals surface area contributed by atoms with Crippen LogP contribution in [0.2, 0.25) is 0 Å². The number of nitrogens with one attached hydrogen (secondary N) is 3. The number of aromatic nitrogens is 3. The van der Waals surface area contributed by atoms with Gasteiger partial charge in [-0.3, -0.25) is 19.1 Å². The summed E-state index contributed by atoms with van der Waals surface area (Å²) < 4.78 is 28.1. The highest BCUT2D eigenvalue weighted by Gasteiger charge is 2.35. The lowest BCUT2D eigenvalue weighted by Gasteiger charge is -2.25. The third-order valence-electron chi connectivity index (χ3n) is 7.02. The van der Waals surface area contributed by atoms with E-state index in [2.05, 4.69) is 31.1 Å². The summed E-state index contributed by atoms with van der Waals surface area (Å²) in [5, 5.41) is 18.0. The summed E-state index contributed by atoms with van der Waals surface area (Å²) >= 11 is 1.50. The molecule has 0 unspecified atom stereocenters. The molecule has 2 fully saturated rings. The molecule has 2 aromatic heterocycles. The highest BCUT2D eigenvalue weighted by atomic mass is 32.1. The van der Waals surface area contributed by atoms with Gasteiger partial charge < -0.3 is 16.0 Å². The smallest absolute Gasteiger partial charge is 0.279 e. The number of halogens is 2. The zero-order valence-corrected chi connectivity index (χ0v) is 23.7. The number of amides is 2. The standard InChI is InChI=1S/C25H31F2N7O2S.C2H6/c1-13(9-18(28-2)21(26)27)31-25-33-30-12-34(25)16-7-8-19-17(10-16)20(23(36)29-11-14-3-4-14)24(37-19)32-22(35)15-5-6-15;1-2/h9,12,14-16,21H,3-8,10-11H2,1-2H3,(H,29,36)(H,31,33)(H,32,35);1-2H3/b13-9+,28-18?;/t16-;/m0./s1. The van der Waals surface area contributed by atoms with Gasteiger partial charge in [0.25, 0.3) is 12.3 Å². The van der Waals surface area contributed by atoms with Crippen LogP contribution in [-0.2, 0) is 17.6 Å². The van der Waals surface area contributed by atoms with Crippen LogP contribution in [0.1, 0.15) is 79.7 Å². The molecule has 2 saturated carbocycles. The third-order valence-corrected chi connectivity index (χ3v) is 8.22. The molecule has 0 saturated heterocycles. The van der Waals surface area contributed by atoms with Crippen LogP contribution in [0.4, 0.5) is 19.7 Å². The van der Waals surface area contributed by atoms with Crippen molar-refractivity contribution in [3.63, 3.8) is 0 Å². The number of nitrogens with zero attached hydrogens (tertiary/aromatic N) is 4. The Balaban J connectivity index is 0.00000172. The van der Waals surface area contributed by atoms with E-state index < -0.39 is 6.43 Å². The summed E-state index contributed by atoms with van der Waals surface area (Å²) in [4.78, 5) is 30.6. The van der Waals surface area contributed by atoms with Gasteiger partial charge in [-0.05, 0) is 69.4 Å². The molecule has 1 atom stereocenters. The van der Waals surface area contributed by atoms with Gasteiger partial charge >= 0.3 is 0 Å². The van der Waals surface area contributed by atoms with Gasteiger partial charge in [-0.1, -0.05) is 13.8 Å². The van der Waals surface area contributed by atoms with Gasteiger partial charge in [0, 0.05) is 36.1 Å². The van der Waals surface area contributed by atoms with E-state index in [1.54, 1.807) is 13.3 Å². The highest BCUT2D eigenvalue weighted by molar-refractivity contribution is 7.17. The Morgan fingerprint density at radius 3 is 2.59 bits per heavy atom. The average Bonchev–Trinajstić information content (AvgIpc) is 3.86. The summed E-state index contributed by atoms with van der Waals surface area (Å²) in [7, 11) is 1.33. The fourth-order valence-corrected chi connectivity index (χ4v) is 5.84. The number of allylic oxidation sites excluding steroid dienone is 2. The molecule has 0 spiro atoms. The summed E-state index contributed by atoms with van der Waals surface area (Å²) in [5.41, 5.74) is 1.66. The molecule has 0 bridgehead atoms. The quantitative estimate of drug-likeness (QED) is 0.344. The molecule has 2 amide bonds. The Bertz CT molecular complexity index is 1240. The van der Waals surface area contributed by atoms with Gasteiger partial charge in [0.2, 0.25) is 11.9 Å². The molecule has 3 aliphatic rings. The topological polar surface area (TPSA) is 113 Å². The van der Waals surface area contributed by atoms with Crippen molar-refractivity contribution in [1.82, 2.24) is 20.1 Å². The van der Waals surface area contributed by atoms with Gasteiger partial charge in [0.1, 0.15) is 17.0 Å². The van der Waals surface area contributed by atoms with E-state index in [1.807, 2.05) is 18.4 Å². The minimum Gasteiger partial charge on any atom is -0.352 e. The van der Waals surface area contributed by atoms with Gasteiger partial charge in [-0.2, -0.15) is 0 Å². The summed E-state index contributed by atoms with van der Waals surface area (Å²) in [5.74, 6) is 0.859. The van der Waals surface area contributed by atoms with Crippen molar-refractivity contribution in [1.29, 1.82) is 0 Å². The van der Waals surface area contributed by atoms with Gasteiger partial charge in [0.05, 0.1) is 5.56 Å². The van der Waals surface area contributed by atoms with Crippen LogP contribution in [0.25, 0.3) is 0 Å².